The number of aryl methyl sites for hydroxylation is 2. The zero-order chi connectivity index (χ0) is 13.8. The lowest BCUT2D eigenvalue weighted by Crippen LogP contribution is -2.16. The molecule has 0 amide bonds. The van der Waals surface area contributed by atoms with Gasteiger partial charge >= 0.3 is 0 Å². The molecule has 0 aromatic carbocycles. The summed E-state index contributed by atoms with van der Waals surface area (Å²) in [6.45, 7) is 3.99. The minimum Gasteiger partial charge on any atom is -0.409 e. The monoisotopic (exact) mass is 262 g/mol. The molecule has 2 heterocycles. The molecule has 9 nitrogen and oxygen atoms in total. The van der Waals surface area contributed by atoms with E-state index in [2.05, 4.69) is 30.4 Å². The zero-order valence-corrected chi connectivity index (χ0v) is 10.6. The SMILES string of the molecule is CCc1nnc(-n2cnc(C(N)=NO)n2)nc1CC. The number of amidine groups is 1. The van der Waals surface area contributed by atoms with E-state index in [0.717, 1.165) is 24.2 Å². The highest BCUT2D eigenvalue weighted by Gasteiger charge is 2.11. The molecule has 0 saturated heterocycles. The Morgan fingerprint density at radius 3 is 2.68 bits per heavy atom. The fourth-order valence-corrected chi connectivity index (χ4v) is 1.55. The van der Waals surface area contributed by atoms with Crippen molar-refractivity contribution in [3.05, 3.63) is 23.5 Å². The Morgan fingerprint density at radius 2 is 2.05 bits per heavy atom. The van der Waals surface area contributed by atoms with Crippen molar-refractivity contribution < 1.29 is 5.21 Å². The summed E-state index contributed by atoms with van der Waals surface area (Å²) in [5.41, 5.74) is 7.13. The van der Waals surface area contributed by atoms with E-state index in [1.165, 1.54) is 11.0 Å². The standard InChI is InChI=1S/C10H14N8O/c1-3-6-7(4-2)14-15-10(13-6)18-5-12-9(16-18)8(11)17-19/h5,19H,3-4H2,1-2H3,(H2,11,17). The minimum atomic E-state index is -0.174. The predicted octanol–water partition coefficient (Wildman–Crippen LogP) is -0.328. The van der Waals surface area contributed by atoms with Crippen molar-refractivity contribution in [3.8, 4) is 5.95 Å². The first-order valence-corrected chi connectivity index (χ1v) is 5.82. The molecule has 0 saturated carbocycles. The van der Waals surface area contributed by atoms with Gasteiger partial charge in [0.2, 0.25) is 11.7 Å². The van der Waals surface area contributed by atoms with Crippen LogP contribution in [0.3, 0.4) is 0 Å². The topological polar surface area (TPSA) is 128 Å². The molecule has 0 aliphatic heterocycles. The summed E-state index contributed by atoms with van der Waals surface area (Å²) in [5, 5.41) is 23.5. The molecule has 2 aromatic rings. The maximum atomic E-state index is 8.55. The largest absolute Gasteiger partial charge is 0.409 e. The maximum Gasteiger partial charge on any atom is 0.271 e. The number of nitrogens with zero attached hydrogens (tertiary/aromatic N) is 7. The average Bonchev–Trinajstić information content (AvgIpc) is 2.95. The molecule has 9 heteroatoms. The highest BCUT2D eigenvalue weighted by Crippen LogP contribution is 2.06. The van der Waals surface area contributed by atoms with Crippen molar-refractivity contribution in [3.63, 3.8) is 0 Å². The number of rotatable bonds is 4. The summed E-state index contributed by atoms with van der Waals surface area (Å²) in [5.74, 6) is 0.231. The van der Waals surface area contributed by atoms with Crippen LogP contribution in [0.4, 0.5) is 0 Å². The van der Waals surface area contributed by atoms with Crippen molar-refractivity contribution in [2.75, 3.05) is 0 Å². The van der Waals surface area contributed by atoms with Gasteiger partial charge in [0.15, 0.2) is 0 Å². The highest BCUT2D eigenvalue weighted by atomic mass is 16.4. The van der Waals surface area contributed by atoms with E-state index in [0.29, 0.717) is 5.95 Å². The van der Waals surface area contributed by atoms with Gasteiger partial charge in [-0.25, -0.2) is 9.97 Å². The lowest BCUT2D eigenvalue weighted by Gasteiger charge is -2.04. The molecule has 0 bridgehead atoms. The summed E-state index contributed by atoms with van der Waals surface area (Å²) in [4.78, 5) is 8.26. The third-order valence-corrected chi connectivity index (χ3v) is 2.53. The first-order valence-electron chi connectivity index (χ1n) is 5.82. The third kappa shape index (κ3) is 2.49. The molecule has 0 atom stereocenters. The minimum absolute atomic E-state index is 0.101. The van der Waals surface area contributed by atoms with Gasteiger partial charge in [-0.1, -0.05) is 19.0 Å². The van der Waals surface area contributed by atoms with Crippen molar-refractivity contribution in [2.24, 2.45) is 10.9 Å². The highest BCUT2D eigenvalue weighted by molar-refractivity contribution is 5.93. The summed E-state index contributed by atoms with van der Waals surface area (Å²) in [6.07, 6.45) is 2.92. The van der Waals surface area contributed by atoms with Gasteiger partial charge in [-0.3, -0.25) is 0 Å². The molecule has 19 heavy (non-hydrogen) atoms. The van der Waals surface area contributed by atoms with Gasteiger partial charge in [0.05, 0.1) is 11.4 Å². The molecule has 0 spiro atoms. The molecule has 3 N–H and O–H groups in total. The van der Waals surface area contributed by atoms with Gasteiger partial charge in [0.25, 0.3) is 5.95 Å². The van der Waals surface area contributed by atoms with Crippen molar-refractivity contribution in [2.45, 2.75) is 26.7 Å². The average molecular weight is 262 g/mol. The van der Waals surface area contributed by atoms with Crippen molar-refractivity contribution in [1.82, 2.24) is 29.9 Å². The Hall–Kier alpha value is -2.58. The van der Waals surface area contributed by atoms with Crippen LogP contribution in [-0.2, 0) is 12.8 Å². The van der Waals surface area contributed by atoms with Crippen LogP contribution in [0.25, 0.3) is 5.95 Å². The van der Waals surface area contributed by atoms with Gasteiger partial charge in [0.1, 0.15) is 6.33 Å². The lowest BCUT2D eigenvalue weighted by atomic mass is 10.2. The van der Waals surface area contributed by atoms with E-state index in [1.807, 2.05) is 13.8 Å². The number of aromatic nitrogens is 6. The lowest BCUT2D eigenvalue weighted by molar-refractivity contribution is 0.318. The molecule has 0 aliphatic rings. The Bertz CT molecular complexity index is 605. The van der Waals surface area contributed by atoms with Crippen LogP contribution < -0.4 is 5.73 Å². The number of hydrogen-bond donors (Lipinski definition) is 2. The Balaban J connectivity index is 2.39. The molecule has 2 aromatic heterocycles. The maximum absolute atomic E-state index is 8.55. The zero-order valence-electron chi connectivity index (χ0n) is 10.6. The molecule has 0 unspecified atom stereocenters. The van der Waals surface area contributed by atoms with Gasteiger partial charge in [-0.15, -0.1) is 15.3 Å². The van der Waals surface area contributed by atoms with Gasteiger partial charge in [0, 0.05) is 0 Å². The van der Waals surface area contributed by atoms with Gasteiger partial charge in [-0.05, 0) is 12.8 Å². The van der Waals surface area contributed by atoms with Crippen LogP contribution in [0.1, 0.15) is 31.1 Å². The predicted molar refractivity (Wildman–Crippen MR) is 66.0 cm³/mol. The van der Waals surface area contributed by atoms with Crippen molar-refractivity contribution in [1.29, 1.82) is 0 Å². The second kappa shape index (κ2) is 5.38. The first-order chi connectivity index (χ1) is 9.19. The van der Waals surface area contributed by atoms with E-state index in [1.54, 1.807) is 0 Å². The number of nitrogens with two attached hydrogens (primary N) is 1. The van der Waals surface area contributed by atoms with E-state index < -0.39 is 0 Å². The normalized spacial score (nSPS) is 11.8. The second-order valence-corrected chi connectivity index (χ2v) is 3.71. The quantitative estimate of drug-likeness (QED) is 0.334. The van der Waals surface area contributed by atoms with Crippen molar-refractivity contribution >= 4 is 5.84 Å². The number of oxime groups is 1. The van der Waals surface area contributed by atoms with E-state index in [-0.39, 0.29) is 11.7 Å². The molecular weight excluding hydrogens is 248 g/mol. The Labute approximate surface area is 109 Å². The Morgan fingerprint density at radius 1 is 1.32 bits per heavy atom. The van der Waals surface area contributed by atoms with E-state index in [9.17, 15) is 0 Å². The summed E-state index contributed by atoms with van der Waals surface area (Å²) < 4.78 is 1.33. The number of hydrogen-bond acceptors (Lipinski definition) is 7. The molecule has 100 valence electrons. The molecular formula is C10H14N8O. The van der Waals surface area contributed by atoms with Crippen LogP contribution >= 0.6 is 0 Å². The molecule has 0 fully saturated rings. The van der Waals surface area contributed by atoms with Crippen LogP contribution in [0.5, 0.6) is 0 Å². The summed E-state index contributed by atoms with van der Waals surface area (Å²) in [6, 6.07) is 0. The molecule has 0 radical (unpaired) electrons. The summed E-state index contributed by atoms with van der Waals surface area (Å²) >= 11 is 0. The molecule has 0 aliphatic carbocycles. The Kier molecular flexibility index (Phi) is 3.64. The van der Waals surface area contributed by atoms with E-state index >= 15 is 0 Å². The molecule has 2 rings (SSSR count). The van der Waals surface area contributed by atoms with Gasteiger partial charge in [-0.2, -0.15) is 4.68 Å². The van der Waals surface area contributed by atoms with Crippen LogP contribution in [0.2, 0.25) is 0 Å². The summed E-state index contributed by atoms with van der Waals surface area (Å²) in [7, 11) is 0. The van der Waals surface area contributed by atoms with Crippen LogP contribution in [0.15, 0.2) is 11.5 Å². The first kappa shape index (κ1) is 12.9. The third-order valence-electron chi connectivity index (χ3n) is 2.53. The van der Waals surface area contributed by atoms with Crippen LogP contribution in [-0.4, -0.2) is 41.0 Å². The fraction of sp³-hybridized carbons (Fsp3) is 0.400. The van der Waals surface area contributed by atoms with Crippen LogP contribution in [0, 0.1) is 0 Å². The fourth-order valence-electron chi connectivity index (χ4n) is 1.55. The van der Waals surface area contributed by atoms with E-state index in [4.69, 9.17) is 10.9 Å². The second-order valence-electron chi connectivity index (χ2n) is 3.71. The van der Waals surface area contributed by atoms with Gasteiger partial charge < -0.3 is 10.9 Å². The smallest absolute Gasteiger partial charge is 0.271 e.